The number of amides is 1. The van der Waals surface area contributed by atoms with Crippen molar-refractivity contribution >= 4 is 27.3 Å². The van der Waals surface area contributed by atoms with Gasteiger partial charge in [-0.2, -0.15) is 0 Å². The molecule has 1 aliphatic carbocycles. The molecule has 27 heavy (non-hydrogen) atoms. The summed E-state index contributed by atoms with van der Waals surface area (Å²) in [6.07, 6.45) is 2.18. The number of sulfone groups is 1. The number of aryl methyl sites for hydroxylation is 1. The van der Waals surface area contributed by atoms with Crippen molar-refractivity contribution in [3.8, 4) is 0 Å². The van der Waals surface area contributed by atoms with Gasteiger partial charge in [0.2, 0.25) is 5.91 Å². The summed E-state index contributed by atoms with van der Waals surface area (Å²) in [5, 5.41) is 0.470. The van der Waals surface area contributed by atoms with Crippen LogP contribution in [0.4, 0.5) is 0 Å². The number of benzene rings is 2. The van der Waals surface area contributed by atoms with Crippen molar-refractivity contribution in [2.24, 2.45) is 0 Å². The quantitative estimate of drug-likeness (QED) is 0.741. The maximum atomic E-state index is 13.4. The van der Waals surface area contributed by atoms with Crippen LogP contribution in [-0.2, 0) is 21.2 Å². The summed E-state index contributed by atoms with van der Waals surface area (Å²) in [5.41, 5.74) is 2.10. The van der Waals surface area contributed by atoms with Crippen LogP contribution >= 0.6 is 11.6 Å². The molecule has 3 rings (SSSR count). The molecule has 1 fully saturated rings. The van der Waals surface area contributed by atoms with E-state index in [0.29, 0.717) is 24.4 Å². The van der Waals surface area contributed by atoms with Gasteiger partial charge in [0, 0.05) is 18.6 Å². The second-order valence-corrected chi connectivity index (χ2v) is 9.94. The Bertz CT molecular complexity index is 932. The van der Waals surface area contributed by atoms with E-state index < -0.39 is 14.6 Å². The van der Waals surface area contributed by atoms with Crippen LogP contribution in [-0.4, -0.2) is 31.0 Å². The summed E-state index contributed by atoms with van der Waals surface area (Å²) in [6.45, 7) is 2.38. The van der Waals surface area contributed by atoms with E-state index in [1.807, 2.05) is 31.2 Å². The Morgan fingerprint density at radius 2 is 1.67 bits per heavy atom. The second kappa shape index (κ2) is 7.64. The Labute approximate surface area is 166 Å². The SMILES string of the molecule is Cc1ccccc1CN(C)C(=O)C1(S(=O)(=O)c2ccc(Cl)cc2)CCCC1. The fraction of sp³-hybridized carbons (Fsp3) is 0.381. The van der Waals surface area contributed by atoms with Crippen molar-refractivity contribution in [2.75, 3.05) is 7.05 Å². The average Bonchev–Trinajstić information content (AvgIpc) is 3.15. The number of hydrogen-bond donors (Lipinski definition) is 0. The third-order valence-corrected chi connectivity index (χ3v) is 8.21. The topological polar surface area (TPSA) is 54.5 Å². The summed E-state index contributed by atoms with van der Waals surface area (Å²) in [4.78, 5) is 15.1. The molecular formula is C21H24ClNO3S. The molecule has 0 unspecified atom stereocenters. The first-order valence-corrected chi connectivity index (χ1v) is 10.9. The molecule has 144 valence electrons. The van der Waals surface area contributed by atoms with E-state index >= 15 is 0 Å². The molecule has 1 aliphatic rings. The minimum atomic E-state index is -3.81. The molecule has 0 aliphatic heterocycles. The van der Waals surface area contributed by atoms with Crippen molar-refractivity contribution in [2.45, 2.75) is 48.8 Å². The van der Waals surface area contributed by atoms with Gasteiger partial charge >= 0.3 is 0 Å². The molecule has 0 aromatic heterocycles. The first-order valence-electron chi connectivity index (χ1n) is 9.08. The molecule has 1 amide bonds. The van der Waals surface area contributed by atoms with Crippen LogP contribution < -0.4 is 0 Å². The summed E-state index contributed by atoms with van der Waals surface area (Å²) in [6, 6.07) is 13.9. The highest BCUT2D eigenvalue weighted by molar-refractivity contribution is 7.93. The summed E-state index contributed by atoms with van der Waals surface area (Å²) in [7, 11) is -2.13. The third kappa shape index (κ3) is 3.63. The van der Waals surface area contributed by atoms with Crippen LogP contribution in [0.3, 0.4) is 0 Å². The molecule has 2 aromatic carbocycles. The van der Waals surface area contributed by atoms with Gasteiger partial charge in [-0.05, 0) is 55.2 Å². The van der Waals surface area contributed by atoms with Crippen LogP contribution in [0.15, 0.2) is 53.4 Å². The standard InChI is InChI=1S/C21H24ClNO3S/c1-16-7-3-4-8-17(16)15-23(2)20(24)21(13-5-6-14-21)27(25,26)19-11-9-18(22)10-12-19/h3-4,7-12H,5-6,13-15H2,1-2H3. The molecule has 0 heterocycles. The molecule has 2 aromatic rings. The Hall–Kier alpha value is -1.85. The molecule has 0 bridgehead atoms. The van der Waals surface area contributed by atoms with E-state index in [1.54, 1.807) is 24.1 Å². The second-order valence-electron chi connectivity index (χ2n) is 7.25. The summed E-state index contributed by atoms with van der Waals surface area (Å²) >= 11 is 5.90. The maximum absolute atomic E-state index is 13.4. The lowest BCUT2D eigenvalue weighted by atomic mass is 10.0. The zero-order valence-electron chi connectivity index (χ0n) is 15.6. The van der Waals surface area contributed by atoms with Gasteiger partial charge in [-0.3, -0.25) is 4.79 Å². The van der Waals surface area contributed by atoms with E-state index in [2.05, 4.69) is 0 Å². The molecule has 6 heteroatoms. The highest BCUT2D eigenvalue weighted by Crippen LogP contribution is 2.42. The number of nitrogens with zero attached hydrogens (tertiary/aromatic N) is 1. The van der Waals surface area contributed by atoms with Crippen LogP contribution in [0.25, 0.3) is 0 Å². The van der Waals surface area contributed by atoms with Gasteiger partial charge in [0.25, 0.3) is 0 Å². The van der Waals surface area contributed by atoms with E-state index in [4.69, 9.17) is 11.6 Å². The monoisotopic (exact) mass is 405 g/mol. The number of halogens is 1. The Morgan fingerprint density at radius 3 is 2.26 bits per heavy atom. The van der Waals surface area contributed by atoms with Crippen molar-refractivity contribution in [3.63, 3.8) is 0 Å². The lowest BCUT2D eigenvalue weighted by molar-refractivity contribution is -0.133. The minimum absolute atomic E-state index is 0.159. The maximum Gasteiger partial charge on any atom is 0.244 e. The highest BCUT2D eigenvalue weighted by atomic mass is 35.5. The predicted octanol–water partition coefficient (Wildman–Crippen LogP) is 4.39. The van der Waals surface area contributed by atoms with Gasteiger partial charge in [0.15, 0.2) is 14.6 Å². The summed E-state index contributed by atoms with van der Waals surface area (Å²) < 4.78 is 25.5. The van der Waals surface area contributed by atoms with Crippen LogP contribution in [0.2, 0.25) is 5.02 Å². The molecule has 0 spiro atoms. The zero-order chi connectivity index (χ0) is 19.7. The third-order valence-electron chi connectivity index (χ3n) is 5.45. The lowest BCUT2D eigenvalue weighted by Gasteiger charge is -2.32. The van der Waals surface area contributed by atoms with Crippen LogP contribution in [0.5, 0.6) is 0 Å². The molecule has 0 radical (unpaired) electrons. The molecule has 4 nitrogen and oxygen atoms in total. The van der Waals surface area contributed by atoms with Gasteiger partial charge in [-0.1, -0.05) is 48.7 Å². The van der Waals surface area contributed by atoms with Crippen molar-refractivity contribution < 1.29 is 13.2 Å². The zero-order valence-corrected chi connectivity index (χ0v) is 17.2. The molecule has 0 N–H and O–H groups in total. The van der Waals surface area contributed by atoms with Crippen molar-refractivity contribution in [1.82, 2.24) is 4.90 Å². The van der Waals surface area contributed by atoms with Crippen LogP contribution in [0, 0.1) is 6.92 Å². The summed E-state index contributed by atoms with van der Waals surface area (Å²) in [5.74, 6) is -0.321. The largest absolute Gasteiger partial charge is 0.340 e. The number of carbonyl (C=O) groups is 1. The molecule has 0 saturated heterocycles. The fourth-order valence-corrected chi connectivity index (χ4v) is 6.13. The number of hydrogen-bond acceptors (Lipinski definition) is 3. The van der Waals surface area contributed by atoms with E-state index in [-0.39, 0.29) is 10.8 Å². The number of carbonyl (C=O) groups excluding carboxylic acids is 1. The first-order chi connectivity index (χ1) is 12.8. The van der Waals surface area contributed by atoms with Gasteiger partial charge in [-0.25, -0.2) is 8.42 Å². The smallest absolute Gasteiger partial charge is 0.244 e. The predicted molar refractivity (Wildman–Crippen MR) is 107 cm³/mol. The van der Waals surface area contributed by atoms with Gasteiger partial charge in [-0.15, -0.1) is 0 Å². The van der Waals surface area contributed by atoms with Crippen LogP contribution in [0.1, 0.15) is 36.8 Å². The molecular weight excluding hydrogens is 382 g/mol. The fourth-order valence-electron chi connectivity index (χ4n) is 3.85. The minimum Gasteiger partial charge on any atom is -0.340 e. The highest BCUT2D eigenvalue weighted by Gasteiger charge is 2.53. The van der Waals surface area contributed by atoms with Crippen molar-refractivity contribution in [1.29, 1.82) is 0 Å². The Balaban J connectivity index is 1.95. The average molecular weight is 406 g/mol. The van der Waals surface area contributed by atoms with E-state index in [0.717, 1.165) is 24.0 Å². The van der Waals surface area contributed by atoms with Gasteiger partial charge in [0.05, 0.1) is 4.90 Å². The number of rotatable bonds is 5. The van der Waals surface area contributed by atoms with E-state index in [9.17, 15) is 13.2 Å². The lowest BCUT2D eigenvalue weighted by Crippen LogP contribution is -2.51. The first kappa shape index (κ1) is 19.9. The molecule has 1 saturated carbocycles. The van der Waals surface area contributed by atoms with Gasteiger partial charge in [0.1, 0.15) is 0 Å². The van der Waals surface area contributed by atoms with Gasteiger partial charge < -0.3 is 4.90 Å². The normalized spacial score (nSPS) is 16.3. The van der Waals surface area contributed by atoms with Crippen molar-refractivity contribution in [3.05, 3.63) is 64.7 Å². The van der Waals surface area contributed by atoms with E-state index in [1.165, 1.54) is 12.1 Å². The molecule has 0 atom stereocenters. The Morgan fingerprint density at radius 1 is 1.07 bits per heavy atom. The Kier molecular flexibility index (Phi) is 5.63.